The van der Waals surface area contributed by atoms with Gasteiger partial charge < -0.3 is 19.5 Å². The largest absolute Gasteiger partial charge is 0.507 e. The molecular weight excluding hydrogens is 354 g/mol. The SMILES string of the molecule is CC(C)(COCCC(=O)N1CCOCC1)c1ccc(-c2ccccc2)c(O)c1. The highest BCUT2D eigenvalue weighted by Crippen LogP contribution is 2.34. The van der Waals surface area contributed by atoms with Gasteiger partial charge in [0, 0.05) is 24.1 Å². The van der Waals surface area contributed by atoms with Crippen LogP contribution in [-0.2, 0) is 19.7 Å². The lowest BCUT2D eigenvalue weighted by Crippen LogP contribution is -2.41. The predicted octanol–water partition coefficient (Wildman–Crippen LogP) is 3.60. The van der Waals surface area contributed by atoms with Gasteiger partial charge in [-0.15, -0.1) is 0 Å². The van der Waals surface area contributed by atoms with Crippen LogP contribution in [0.2, 0.25) is 0 Å². The number of ether oxygens (including phenoxy) is 2. The molecule has 1 aliphatic heterocycles. The van der Waals surface area contributed by atoms with Gasteiger partial charge >= 0.3 is 0 Å². The van der Waals surface area contributed by atoms with E-state index in [9.17, 15) is 9.90 Å². The van der Waals surface area contributed by atoms with Crippen molar-refractivity contribution < 1.29 is 19.4 Å². The number of aromatic hydroxyl groups is 1. The van der Waals surface area contributed by atoms with Gasteiger partial charge in [0.1, 0.15) is 5.75 Å². The molecule has 0 unspecified atom stereocenters. The molecule has 2 aromatic carbocycles. The van der Waals surface area contributed by atoms with E-state index >= 15 is 0 Å². The van der Waals surface area contributed by atoms with Crippen LogP contribution >= 0.6 is 0 Å². The first-order chi connectivity index (χ1) is 13.5. The highest BCUT2D eigenvalue weighted by Gasteiger charge is 2.23. The highest BCUT2D eigenvalue weighted by atomic mass is 16.5. The molecule has 1 N–H and O–H groups in total. The van der Waals surface area contributed by atoms with Crippen LogP contribution in [0.1, 0.15) is 25.8 Å². The van der Waals surface area contributed by atoms with E-state index < -0.39 is 0 Å². The lowest BCUT2D eigenvalue weighted by molar-refractivity contribution is -0.136. The van der Waals surface area contributed by atoms with E-state index in [4.69, 9.17) is 9.47 Å². The second-order valence-corrected chi connectivity index (χ2v) is 7.78. The van der Waals surface area contributed by atoms with E-state index in [1.54, 1.807) is 0 Å². The Morgan fingerprint density at radius 2 is 1.86 bits per heavy atom. The molecule has 0 aromatic heterocycles. The number of carbonyl (C=O) groups is 1. The first-order valence-corrected chi connectivity index (χ1v) is 9.79. The molecule has 1 aliphatic rings. The van der Waals surface area contributed by atoms with Crippen molar-refractivity contribution >= 4 is 5.91 Å². The first-order valence-electron chi connectivity index (χ1n) is 9.79. The third kappa shape index (κ3) is 5.12. The topological polar surface area (TPSA) is 59.0 Å². The van der Waals surface area contributed by atoms with E-state index in [0.717, 1.165) is 16.7 Å². The molecule has 0 radical (unpaired) electrons. The maximum Gasteiger partial charge on any atom is 0.225 e. The van der Waals surface area contributed by atoms with E-state index in [1.807, 2.05) is 53.4 Å². The summed E-state index contributed by atoms with van der Waals surface area (Å²) in [5.41, 5.74) is 2.54. The van der Waals surface area contributed by atoms with Crippen LogP contribution in [0.4, 0.5) is 0 Å². The summed E-state index contributed by atoms with van der Waals surface area (Å²) >= 11 is 0. The number of morpholine rings is 1. The van der Waals surface area contributed by atoms with Gasteiger partial charge in [0.05, 0.1) is 32.8 Å². The fraction of sp³-hybridized carbons (Fsp3) is 0.435. The number of amides is 1. The molecule has 0 aliphatic carbocycles. The minimum Gasteiger partial charge on any atom is -0.507 e. The van der Waals surface area contributed by atoms with Crippen LogP contribution in [-0.4, -0.2) is 55.4 Å². The lowest BCUT2D eigenvalue weighted by Gasteiger charge is -2.28. The number of phenols is 1. The zero-order chi connectivity index (χ0) is 20.0. The summed E-state index contributed by atoms with van der Waals surface area (Å²) in [6.07, 6.45) is 0.383. The number of nitrogens with zero attached hydrogens (tertiary/aromatic N) is 1. The van der Waals surface area contributed by atoms with Crippen molar-refractivity contribution in [2.24, 2.45) is 0 Å². The smallest absolute Gasteiger partial charge is 0.225 e. The van der Waals surface area contributed by atoms with E-state index in [0.29, 0.717) is 45.9 Å². The summed E-state index contributed by atoms with van der Waals surface area (Å²) in [6.45, 7) is 7.58. The molecular formula is C23H29NO4. The Bertz CT molecular complexity index is 782. The maximum absolute atomic E-state index is 12.2. The Morgan fingerprint density at radius 1 is 1.14 bits per heavy atom. The number of benzene rings is 2. The van der Waals surface area contributed by atoms with Gasteiger partial charge in [-0.25, -0.2) is 0 Å². The van der Waals surface area contributed by atoms with Crippen molar-refractivity contribution in [3.8, 4) is 16.9 Å². The van der Waals surface area contributed by atoms with Gasteiger partial charge in [0.15, 0.2) is 0 Å². The summed E-state index contributed by atoms with van der Waals surface area (Å²) < 4.78 is 11.1. The van der Waals surface area contributed by atoms with Gasteiger partial charge in [-0.2, -0.15) is 0 Å². The van der Waals surface area contributed by atoms with Gasteiger partial charge in [-0.3, -0.25) is 4.79 Å². The van der Waals surface area contributed by atoms with Crippen molar-refractivity contribution in [1.29, 1.82) is 0 Å². The Kier molecular flexibility index (Phi) is 6.70. The number of rotatable bonds is 7. The quantitative estimate of drug-likeness (QED) is 0.742. The van der Waals surface area contributed by atoms with E-state index in [2.05, 4.69) is 13.8 Å². The molecule has 1 heterocycles. The van der Waals surface area contributed by atoms with Crippen molar-refractivity contribution in [3.63, 3.8) is 0 Å². The average Bonchev–Trinajstić information content (AvgIpc) is 2.72. The molecule has 1 fully saturated rings. The van der Waals surface area contributed by atoms with Crippen molar-refractivity contribution in [2.75, 3.05) is 39.5 Å². The zero-order valence-electron chi connectivity index (χ0n) is 16.7. The fourth-order valence-corrected chi connectivity index (χ4v) is 3.36. The molecule has 1 saturated heterocycles. The highest BCUT2D eigenvalue weighted by molar-refractivity contribution is 5.76. The number of hydrogen-bond acceptors (Lipinski definition) is 4. The molecule has 0 spiro atoms. The number of hydrogen-bond donors (Lipinski definition) is 1. The maximum atomic E-state index is 12.2. The van der Waals surface area contributed by atoms with E-state index in [-0.39, 0.29) is 17.1 Å². The molecule has 0 bridgehead atoms. The standard InChI is InChI=1S/C23H29NO4/c1-23(2,17-28-13-10-22(26)24-11-14-27-15-12-24)19-8-9-20(21(25)16-19)18-6-4-3-5-7-18/h3-9,16,25H,10-15,17H2,1-2H3. The molecule has 28 heavy (non-hydrogen) atoms. The van der Waals surface area contributed by atoms with Crippen molar-refractivity contribution in [2.45, 2.75) is 25.7 Å². The summed E-state index contributed by atoms with van der Waals surface area (Å²) in [4.78, 5) is 14.0. The van der Waals surface area contributed by atoms with Gasteiger partial charge in [0.25, 0.3) is 0 Å². The van der Waals surface area contributed by atoms with Crippen LogP contribution in [0.15, 0.2) is 48.5 Å². The van der Waals surface area contributed by atoms with Crippen LogP contribution < -0.4 is 0 Å². The minimum absolute atomic E-state index is 0.117. The van der Waals surface area contributed by atoms with Crippen molar-refractivity contribution in [3.05, 3.63) is 54.1 Å². The molecule has 3 rings (SSSR count). The van der Waals surface area contributed by atoms with Crippen molar-refractivity contribution in [1.82, 2.24) is 4.90 Å². The second-order valence-electron chi connectivity index (χ2n) is 7.78. The summed E-state index contributed by atoms with van der Waals surface area (Å²) in [5.74, 6) is 0.380. The number of carbonyl (C=O) groups excluding carboxylic acids is 1. The first kappa shape index (κ1) is 20.4. The third-order valence-corrected chi connectivity index (χ3v) is 5.15. The Labute approximate surface area is 166 Å². The molecule has 1 amide bonds. The van der Waals surface area contributed by atoms with Gasteiger partial charge in [-0.05, 0) is 17.2 Å². The minimum atomic E-state index is -0.269. The molecule has 0 saturated carbocycles. The Morgan fingerprint density at radius 3 is 2.54 bits per heavy atom. The van der Waals surface area contributed by atoms with Crippen LogP contribution in [0, 0.1) is 0 Å². The van der Waals surface area contributed by atoms with Crippen LogP contribution in [0.5, 0.6) is 5.75 Å². The average molecular weight is 383 g/mol. The summed E-state index contributed by atoms with van der Waals surface area (Å²) in [6, 6.07) is 15.6. The van der Waals surface area contributed by atoms with Gasteiger partial charge in [0.2, 0.25) is 5.91 Å². The summed E-state index contributed by atoms with van der Waals surface area (Å²) in [5, 5.41) is 10.5. The zero-order valence-corrected chi connectivity index (χ0v) is 16.7. The Hall–Kier alpha value is -2.37. The third-order valence-electron chi connectivity index (χ3n) is 5.15. The monoisotopic (exact) mass is 383 g/mol. The fourth-order valence-electron chi connectivity index (χ4n) is 3.36. The van der Waals surface area contributed by atoms with Crippen LogP contribution in [0.3, 0.4) is 0 Å². The molecule has 0 atom stereocenters. The predicted molar refractivity (Wildman–Crippen MR) is 109 cm³/mol. The molecule has 5 nitrogen and oxygen atoms in total. The molecule has 150 valence electrons. The van der Waals surface area contributed by atoms with Gasteiger partial charge in [-0.1, -0.05) is 56.3 Å². The molecule has 2 aromatic rings. The number of phenolic OH excluding ortho intramolecular Hbond substituents is 1. The van der Waals surface area contributed by atoms with Crippen LogP contribution in [0.25, 0.3) is 11.1 Å². The lowest BCUT2D eigenvalue weighted by atomic mass is 9.84. The normalized spacial score (nSPS) is 14.9. The van der Waals surface area contributed by atoms with E-state index in [1.165, 1.54) is 0 Å². The molecule has 5 heteroatoms. The summed E-state index contributed by atoms with van der Waals surface area (Å²) in [7, 11) is 0. The second kappa shape index (κ2) is 9.22. The Balaban J connectivity index is 1.54.